The molecule has 0 aromatic heterocycles. The molecule has 0 radical (unpaired) electrons. The third-order valence-corrected chi connectivity index (χ3v) is 4.15. The zero-order chi connectivity index (χ0) is 16.7. The van der Waals surface area contributed by atoms with Crippen LogP contribution in [0.25, 0.3) is 0 Å². The molecule has 128 valence electrons. The van der Waals surface area contributed by atoms with Crippen LogP contribution < -0.4 is 5.32 Å². The molecule has 1 amide bonds. The summed E-state index contributed by atoms with van der Waals surface area (Å²) in [6, 6.07) is 6.88. The molecule has 1 heterocycles. The summed E-state index contributed by atoms with van der Waals surface area (Å²) in [6.45, 7) is 3.02. The molecule has 2 N–H and O–H groups in total. The maximum Gasteiger partial charge on any atom is 0.248 e. The van der Waals surface area contributed by atoms with E-state index in [1.165, 1.54) is 0 Å². The van der Waals surface area contributed by atoms with Gasteiger partial charge >= 0.3 is 0 Å². The Bertz CT molecular complexity index is 488. The minimum atomic E-state index is -0.773. The van der Waals surface area contributed by atoms with Gasteiger partial charge in [-0.15, -0.1) is 0 Å². The van der Waals surface area contributed by atoms with E-state index in [4.69, 9.17) is 21.1 Å². The average molecular weight is 342 g/mol. The van der Waals surface area contributed by atoms with Crippen molar-refractivity contribution in [3.05, 3.63) is 34.9 Å². The summed E-state index contributed by atoms with van der Waals surface area (Å²) in [6.07, 6.45) is 1.95. The molecule has 1 saturated heterocycles. The van der Waals surface area contributed by atoms with E-state index < -0.39 is 12.2 Å². The Morgan fingerprint density at radius 2 is 2.17 bits per heavy atom. The summed E-state index contributed by atoms with van der Waals surface area (Å²) >= 11 is 5.81. The number of halogens is 1. The molecule has 1 fully saturated rings. The zero-order valence-corrected chi connectivity index (χ0v) is 14.1. The Balaban J connectivity index is 1.69. The molecule has 23 heavy (non-hydrogen) atoms. The number of hydrogen-bond donors (Lipinski definition) is 2. The van der Waals surface area contributed by atoms with Gasteiger partial charge in [-0.1, -0.05) is 23.7 Å². The SMILES string of the molecule is C[C@H](OC[C@@H]1CCCCO1)C(=O)NC[C@@H](O)c1ccc(Cl)cc1. The van der Waals surface area contributed by atoms with Gasteiger partial charge in [0.1, 0.15) is 6.10 Å². The van der Waals surface area contributed by atoms with E-state index in [0.29, 0.717) is 17.2 Å². The predicted molar refractivity (Wildman–Crippen MR) is 88.4 cm³/mol. The van der Waals surface area contributed by atoms with Gasteiger partial charge in [0.25, 0.3) is 0 Å². The Labute approximate surface area is 141 Å². The summed E-state index contributed by atoms with van der Waals surface area (Å²) in [5, 5.41) is 13.4. The number of ether oxygens (including phenoxy) is 2. The molecule has 0 unspecified atom stereocenters. The molecule has 0 saturated carbocycles. The number of rotatable bonds is 7. The van der Waals surface area contributed by atoms with Crippen molar-refractivity contribution in [2.45, 2.75) is 44.5 Å². The van der Waals surface area contributed by atoms with Gasteiger partial charge in [0.15, 0.2) is 0 Å². The van der Waals surface area contributed by atoms with Crippen molar-refractivity contribution in [1.82, 2.24) is 5.32 Å². The van der Waals surface area contributed by atoms with Crippen molar-refractivity contribution in [2.75, 3.05) is 19.8 Å². The van der Waals surface area contributed by atoms with Crippen LogP contribution >= 0.6 is 11.6 Å². The van der Waals surface area contributed by atoms with Crippen molar-refractivity contribution in [2.24, 2.45) is 0 Å². The molecule has 2 rings (SSSR count). The second kappa shape index (κ2) is 9.23. The molecular formula is C17H24ClNO4. The first-order chi connectivity index (χ1) is 11.1. The fourth-order valence-corrected chi connectivity index (χ4v) is 2.54. The molecule has 3 atom stereocenters. The Morgan fingerprint density at radius 3 is 2.83 bits per heavy atom. The predicted octanol–water partition coefficient (Wildman–Crippen LogP) is 2.46. The summed E-state index contributed by atoms with van der Waals surface area (Å²) in [5.41, 5.74) is 0.707. The third kappa shape index (κ3) is 6.11. The Kier molecular flexibility index (Phi) is 7.30. The first-order valence-electron chi connectivity index (χ1n) is 8.00. The molecule has 0 bridgehead atoms. The molecule has 6 heteroatoms. The van der Waals surface area contributed by atoms with E-state index in [0.717, 1.165) is 25.9 Å². The Hall–Kier alpha value is -1.14. The molecule has 1 aliphatic heterocycles. The van der Waals surface area contributed by atoms with Crippen LogP contribution in [-0.4, -0.2) is 43.0 Å². The topological polar surface area (TPSA) is 67.8 Å². The lowest BCUT2D eigenvalue weighted by Crippen LogP contribution is -2.38. The van der Waals surface area contributed by atoms with Gasteiger partial charge < -0.3 is 19.9 Å². The highest BCUT2D eigenvalue weighted by molar-refractivity contribution is 6.30. The zero-order valence-electron chi connectivity index (χ0n) is 13.3. The lowest BCUT2D eigenvalue weighted by Gasteiger charge is -2.24. The number of amides is 1. The van der Waals surface area contributed by atoms with Gasteiger partial charge in [0.05, 0.1) is 18.8 Å². The number of carbonyl (C=O) groups is 1. The minimum Gasteiger partial charge on any atom is -0.387 e. The first-order valence-corrected chi connectivity index (χ1v) is 8.38. The van der Waals surface area contributed by atoms with Crippen molar-refractivity contribution in [3.63, 3.8) is 0 Å². The molecule has 1 aromatic rings. The van der Waals surface area contributed by atoms with Crippen molar-refractivity contribution in [3.8, 4) is 0 Å². The maximum absolute atomic E-state index is 12.0. The van der Waals surface area contributed by atoms with Crippen LogP contribution in [0.4, 0.5) is 0 Å². The van der Waals surface area contributed by atoms with E-state index in [1.807, 2.05) is 0 Å². The summed E-state index contributed by atoms with van der Waals surface area (Å²) in [4.78, 5) is 12.0. The highest BCUT2D eigenvalue weighted by Gasteiger charge is 2.19. The van der Waals surface area contributed by atoms with Crippen molar-refractivity contribution < 1.29 is 19.4 Å². The van der Waals surface area contributed by atoms with Crippen LogP contribution in [0.15, 0.2) is 24.3 Å². The molecule has 1 aliphatic rings. The third-order valence-electron chi connectivity index (χ3n) is 3.90. The van der Waals surface area contributed by atoms with E-state index in [-0.39, 0.29) is 18.6 Å². The number of benzene rings is 1. The van der Waals surface area contributed by atoms with Gasteiger partial charge in [-0.05, 0) is 43.9 Å². The van der Waals surface area contributed by atoms with Crippen LogP contribution in [0.5, 0.6) is 0 Å². The highest BCUT2D eigenvalue weighted by atomic mass is 35.5. The summed E-state index contributed by atoms with van der Waals surface area (Å²) in [7, 11) is 0. The first kappa shape index (κ1) is 18.2. The van der Waals surface area contributed by atoms with Crippen LogP contribution in [-0.2, 0) is 14.3 Å². The second-order valence-corrected chi connectivity index (χ2v) is 6.21. The normalized spacial score (nSPS) is 20.7. The van der Waals surface area contributed by atoms with Gasteiger partial charge in [0, 0.05) is 18.2 Å². The standard InChI is InChI=1S/C17H24ClNO4/c1-12(23-11-15-4-2-3-9-22-15)17(21)19-10-16(20)13-5-7-14(18)8-6-13/h5-8,12,15-16,20H,2-4,9-11H2,1H3,(H,19,21)/t12-,15-,16+/m0/s1. The number of aliphatic hydroxyl groups excluding tert-OH is 1. The van der Waals surface area contributed by atoms with E-state index in [1.54, 1.807) is 31.2 Å². The summed E-state index contributed by atoms with van der Waals surface area (Å²) < 4.78 is 11.1. The fourth-order valence-electron chi connectivity index (χ4n) is 2.41. The molecular weight excluding hydrogens is 318 g/mol. The molecule has 1 aromatic carbocycles. The number of aliphatic hydroxyl groups is 1. The monoisotopic (exact) mass is 341 g/mol. The number of hydrogen-bond acceptors (Lipinski definition) is 4. The summed E-state index contributed by atoms with van der Waals surface area (Å²) in [5.74, 6) is -0.242. The Morgan fingerprint density at radius 1 is 1.43 bits per heavy atom. The van der Waals surface area contributed by atoms with Crippen LogP contribution in [0, 0.1) is 0 Å². The van der Waals surface area contributed by atoms with Crippen LogP contribution in [0.2, 0.25) is 5.02 Å². The van der Waals surface area contributed by atoms with E-state index >= 15 is 0 Å². The lowest BCUT2D eigenvalue weighted by molar-refractivity contribution is -0.136. The fraction of sp³-hybridized carbons (Fsp3) is 0.588. The van der Waals surface area contributed by atoms with Crippen LogP contribution in [0.1, 0.15) is 37.9 Å². The largest absolute Gasteiger partial charge is 0.387 e. The number of carbonyl (C=O) groups excluding carboxylic acids is 1. The highest BCUT2D eigenvalue weighted by Crippen LogP contribution is 2.16. The van der Waals surface area contributed by atoms with Crippen LogP contribution in [0.3, 0.4) is 0 Å². The maximum atomic E-state index is 12.0. The molecule has 5 nitrogen and oxygen atoms in total. The lowest BCUT2D eigenvalue weighted by atomic mass is 10.1. The van der Waals surface area contributed by atoms with Gasteiger partial charge in [-0.3, -0.25) is 4.79 Å². The van der Waals surface area contributed by atoms with Gasteiger partial charge in [-0.25, -0.2) is 0 Å². The van der Waals surface area contributed by atoms with E-state index in [9.17, 15) is 9.90 Å². The second-order valence-electron chi connectivity index (χ2n) is 5.78. The van der Waals surface area contributed by atoms with Gasteiger partial charge in [0.2, 0.25) is 5.91 Å². The van der Waals surface area contributed by atoms with Gasteiger partial charge in [-0.2, -0.15) is 0 Å². The smallest absolute Gasteiger partial charge is 0.248 e. The van der Waals surface area contributed by atoms with Crippen molar-refractivity contribution >= 4 is 17.5 Å². The minimum absolute atomic E-state index is 0.0821. The number of nitrogens with one attached hydrogen (secondary N) is 1. The van der Waals surface area contributed by atoms with E-state index in [2.05, 4.69) is 5.32 Å². The quantitative estimate of drug-likeness (QED) is 0.799. The molecule has 0 spiro atoms. The van der Waals surface area contributed by atoms with Crippen molar-refractivity contribution in [1.29, 1.82) is 0 Å². The molecule has 0 aliphatic carbocycles. The average Bonchev–Trinajstić information content (AvgIpc) is 2.58.